The van der Waals surface area contributed by atoms with Crippen LogP contribution in [-0.4, -0.2) is 51.0 Å². The number of fused-ring (bicyclic) bond motifs is 1. The average Bonchev–Trinajstić information content (AvgIpc) is 3.28. The Bertz CT molecular complexity index is 1500. The molecule has 1 amide bonds. The van der Waals surface area contributed by atoms with Crippen molar-refractivity contribution in [2.24, 2.45) is 5.10 Å². The van der Waals surface area contributed by atoms with Crippen LogP contribution in [0.1, 0.15) is 15.9 Å². The molecule has 0 radical (unpaired) electrons. The van der Waals surface area contributed by atoms with Crippen molar-refractivity contribution in [1.82, 2.24) is 9.29 Å². The minimum Gasteiger partial charge on any atom is -0.497 e. The molecule has 0 saturated carbocycles. The summed E-state index contributed by atoms with van der Waals surface area (Å²) in [7, 11) is 0.788. The number of benzene rings is 3. The number of ether oxygens (including phenoxy) is 1. The van der Waals surface area contributed by atoms with Crippen LogP contribution in [-0.2, 0) is 10.0 Å². The first kappa shape index (κ1) is 24.5. The molecule has 8 nitrogen and oxygen atoms in total. The zero-order valence-corrected chi connectivity index (χ0v) is 20.7. The molecule has 0 aliphatic rings. The van der Waals surface area contributed by atoms with E-state index in [1.807, 2.05) is 6.07 Å². The maximum Gasteiger partial charge on any atom is 0.280 e. The van der Waals surface area contributed by atoms with E-state index in [1.165, 1.54) is 80.2 Å². The third-order valence-electron chi connectivity index (χ3n) is 5.03. The van der Waals surface area contributed by atoms with Crippen molar-refractivity contribution in [2.75, 3.05) is 26.2 Å². The second-order valence-corrected chi connectivity index (χ2v) is 10.7. The number of hydrogen-bond acceptors (Lipinski definition) is 7. The van der Waals surface area contributed by atoms with E-state index in [4.69, 9.17) is 4.74 Å². The van der Waals surface area contributed by atoms with Gasteiger partial charge < -0.3 is 4.74 Å². The molecule has 4 rings (SSSR count). The summed E-state index contributed by atoms with van der Waals surface area (Å²) < 4.78 is 45.2. The summed E-state index contributed by atoms with van der Waals surface area (Å²) in [6.07, 6.45) is 1.43. The molecule has 0 N–H and O–H groups in total. The zero-order valence-electron chi connectivity index (χ0n) is 19.0. The highest BCUT2D eigenvalue weighted by atomic mass is 32.2. The van der Waals surface area contributed by atoms with E-state index in [2.05, 4.69) is 10.1 Å². The number of nitrogens with zero attached hydrogens (tertiary/aromatic N) is 4. The Morgan fingerprint density at radius 1 is 1.06 bits per heavy atom. The van der Waals surface area contributed by atoms with Gasteiger partial charge in [-0.25, -0.2) is 22.1 Å². The predicted molar refractivity (Wildman–Crippen MR) is 134 cm³/mol. The minimum absolute atomic E-state index is 0.0625. The fourth-order valence-electron chi connectivity index (χ4n) is 3.07. The van der Waals surface area contributed by atoms with Crippen molar-refractivity contribution in [1.29, 1.82) is 0 Å². The summed E-state index contributed by atoms with van der Waals surface area (Å²) in [5, 5.41) is 5.78. The van der Waals surface area contributed by atoms with Gasteiger partial charge >= 0.3 is 0 Å². The van der Waals surface area contributed by atoms with E-state index in [-0.39, 0.29) is 16.3 Å². The number of aromatic nitrogens is 1. The van der Waals surface area contributed by atoms with Crippen LogP contribution >= 0.6 is 11.3 Å². The predicted octanol–water partition coefficient (Wildman–Crippen LogP) is 4.38. The topological polar surface area (TPSA) is 92.2 Å². The standard InChI is InChI=1S/C24H21FN4O4S2/c1-28(2)35(31,32)20-11-6-17(7-12-20)23(30)29(26-15-16-4-8-18(25)9-5-16)24-27-21-13-10-19(33-3)14-22(21)34-24/h4-15H,1-3H3/b26-15+. The zero-order chi connectivity index (χ0) is 25.2. The molecule has 0 atom stereocenters. The molecule has 0 saturated heterocycles. The second-order valence-electron chi connectivity index (χ2n) is 7.55. The van der Waals surface area contributed by atoms with Crippen LogP contribution in [0.5, 0.6) is 5.75 Å². The van der Waals surface area contributed by atoms with Crippen LogP contribution in [0.2, 0.25) is 0 Å². The van der Waals surface area contributed by atoms with Crippen LogP contribution in [0.3, 0.4) is 0 Å². The molecule has 180 valence electrons. The maximum absolute atomic E-state index is 13.4. The van der Waals surface area contributed by atoms with Crippen molar-refractivity contribution >= 4 is 48.8 Å². The van der Waals surface area contributed by atoms with E-state index in [0.717, 1.165) is 14.0 Å². The fourth-order valence-corrected chi connectivity index (χ4v) is 4.93. The highest BCUT2D eigenvalue weighted by Gasteiger charge is 2.23. The number of carbonyl (C=O) groups excluding carboxylic acids is 1. The molecule has 0 bridgehead atoms. The van der Waals surface area contributed by atoms with Crippen molar-refractivity contribution in [3.63, 3.8) is 0 Å². The molecule has 0 aliphatic heterocycles. The number of anilines is 1. The molecule has 0 fully saturated rings. The number of amides is 1. The van der Waals surface area contributed by atoms with Gasteiger partial charge in [0.25, 0.3) is 5.91 Å². The Balaban J connectivity index is 1.73. The number of methoxy groups -OCH3 is 1. The molecule has 4 aromatic rings. The van der Waals surface area contributed by atoms with Crippen LogP contribution in [0, 0.1) is 5.82 Å². The van der Waals surface area contributed by atoms with Gasteiger partial charge in [-0.15, -0.1) is 0 Å². The molecule has 35 heavy (non-hydrogen) atoms. The molecular weight excluding hydrogens is 491 g/mol. The second kappa shape index (κ2) is 9.90. The van der Waals surface area contributed by atoms with Gasteiger partial charge in [0.05, 0.1) is 28.4 Å². The lowest BCUT2D eigenvalue weighted by Gasteiger charge is -2.15. The lowest BCUT2D eigenvalue weighted by molar-refractivity contribution is 0.0987. The first-order valence-electron chi connectivity index (χ1n) is 10.3. The third-order valence-corrected chi connectivity index (χ3v) is 7.85. The molecule has 0 unspecified atom stereocenters. The highest BCUT2D eigenvalue weighted by molar-refractivity contribution is 7.89. The average molecular weight is 513 g/mol. The number of rotatable bonds is 7. The van der Waals surface area contributed by atoms with Gasteiger partial charge in [0.15, 0.2) is 0 Å². The van der Waals surface area contributed by atoms with Gasteiger partial charge in [-0.2, -0.15) is 10.1 Å². The van der Waals surface area contributed by atoms with Gasteiger partial charge in [0.2, 0.25) is 15.2 Å². The monoisotopic (exact) mass is 512 g/mol. The third kappa shape index (κ3) is 5.21. The van der Waals surface area contributed by atoms with Gasteiger partial charge in [0.1, 0.15) is 11.6 Å². The molecular formula is C24H21FN4O4S2. The molecule has 0 aliphatic carbocycles. The van der Waals surface area contributed by atoms with E-state index in [9.17, 15) is 17.6 Å². The Morgan fingerprint density at radius 3 is 2.37 bits per heavy atom. The van der Waals surface area contributed by atoms with Crippen LogP contribution in [0.25, 0.3) is 10.2 Å². The van der Waals surface area contributed by atoms with Crippen molar-refractivity contribution in [3.8, 4) is 5.75 Å². The number of hydrogen-bond donors (Lipinski definition) is 0. The largest absolute Gasteiger partial charge is 0.497 e. The van der Waals surface area contributed by atoms with Crippen LogP contribution < -0.4 is 9.75 Å². The van der Waals surface area contributed by atoms with Crippen molar-refractivity contribution < 1.29 is 22.3 Å². The van der Waals surface area contributed by atoms with E-state index < -0.39 is 15.9 Å². The summed E-state index contributed by atoms with van der Waals surface area (Å²) in [4.78, 5) is 18.0. The van der Waals surface area contributed by atoms with Gasteiger partial charge in [-0.05, 0) is 60.2 Å². The van der Waals surface area contributed by atoms with Crippen LogP contribution in [0.4, 0.5) is 9.52 Å². The van der Waals surface area contributed by atoms with E-state index in [0.29, 0.717) is 22.0 Å². The summed E-state index contributed by atoms with van der Waals surface area (Å²) in [6.45, 7) is 0. The lowest BCUT2D eigenvalue weighted by atomic mass is 10.2. The minimum atomic E-state index is -3.64. The first-order valence-corrected chi connectivity index (χ1v) is 12.6. The van der Waals surface area contributed by atoms with E-state index >= 15 is 0 Å². The van der Waals surface area contributed by atoms with E-state index in [1.54, 1.807) is 19.2 Å². The smallest absolute Gasteiger partial charge is 0.280 e. The number of sulfonamides is 1. The summed E-state index contributed by atoms with van der Waals surface area (Å²) >= 11 is 1.24. The van der Waals surface area contributed by atoms with Gasteiger partial charge in [-0.1, -0.05) is 23.5 Å². The Hall–Kier alpha value is -3.67. The quantitative estimate of drug-likeness (QED) is 0.271. The van der Waals surface area contributed by atoms with Crippen molar-refractivity contribution in [3.05, 3.63) is 83.7 Å². The summed E-state index contributed by atoms with van der Waals surface area (Å²) in [6, 6.07) is 16.6. The summed E-state index contributed by atoms with van der Waals surface area (Å²) in [5.41, 5.74) is 1.46. The molecule has 0 spiro atoms. The Kier molecular flexibility index (Phi) is 6.92. The fraction of sp³-hybridized carbons (Fsp3) is 0.125. The summed E-state index contributed by atoms with van der Waals surface area (Å²) in [5.74, 6) is -0.246. The van der Waals surface area contributed by atoms with Crippen molar-refractivity contribution in [2.45, 2.75) is 4.90 Å². The highest BCUT2D eigenvalue weighted by Crippen LogP contribution is 2.32. The van der Waals surface area contributed by atoms with Gasteiger partial charge in [-0.3, -0.25) is 4.79 Å². The van der Waals surface area contributed by atoms with Gasteiger partial charge in [0, 0.05) is 19.7 Å². The lowest BCUT2D eigenvalue weighted by Crippen LogP contribution is -2.26. The molecule has 3 aromatic carbocycles. The van der Waals surface area contributed by atoms with Crippen LogP contribution in [0.15, 0.2) is 76.7 Å². The first-order chi connectivity index (χ1) is 16.7. The number of thiazole rings is 1. The molecule has 1 aromatic heterocycles. The molecule has 11 heteroatoms. The maximum atomic E-state index is 13.4. The SMILES string of the molecule is COc1ccc2nc(N(/N=C/c3ccc(F)cc3)C(=O)c3ccc(S(=O)(=O)N(C)C)cc3)sc2c1. The Morgan fingerprint density at radius 2 is 1.74 bits per heavy atom. The number of hydrazone groups is 1. The normalized spacial score (nSPS) is 11.9. The number of carbonyl (C=O) groups is 1. The molecule has 1 heterocycles. The Labute approximate surface area is 205 Å². The number of halogens is 1.